The van der Waals surface area contributed by atoms with Gasteiger partial charge >= 0.3 is 0 Å². The molecule has 0 rings (SSSR count). The topological polar surface area (TPSA) is 52.0 Å². The van der Waals surface area contributed by atoms with Crippen LogP contribution in [0.2, 0.25) is 0 Å². The largest absolute Gasteiger partial charge is 0.402 e. The molecule has 0 saturated heterocycles. The zero-order valence-corrected chi connectivity index (χ0v) is 5.85. The van der Waals surface area contributed by atoms with Gasteiger partial charge in [-0.1, -0.05) is 6.58 Å². The predicted octanol–water partition coefficient (Wildman–Crippen LogP) is 1.12. The monoisotopic (exact) mass is 126 g/mol. The first-order valence-corrected chi connectivity index (χ1v) is 2.51. The van der Waals surface area contributed by atoms with E-state index < -0.39 is 0 Å². The zero-order valence-electron chi connectivity index (χ0n) is 5.85. The van der Waals surface area contributed by atoms with Crippen molar-refractivity contribution in [1.82, 2.24) is 0 Å². The van der Waals surface area contributed by atoms with Crippen LogP contribution in [0.1, 0.15) is 6.92 Å². The average molecular weight is 126 g/mol. The molecule has 0 heterocycles. The van der Waals surface area contributed by atoms with E-state index in [1.54, 1.807) is 13.0 Å². The average Bonchev–Trinajstić information content (AvgIpc) is 1.68. The van der Waals surface area contributed by atoms with E-state index in [2.05, 4.69) is 19.7 Å². The summed E-state index contributed by atoms with van der Waals surface area (Å²) < 4.78 is 0. The first-order chi connectivity index (χ1) is 4.13. The Morgan fingerprint density at radius 3 is 1.67 bits per heavy atom. The third kappa shape index (κ3) is 19.9. The smallest absolute Gasteiger partial charge is 0.0258 e. The van der Waals surface area contributed by atoms with Crippen molar-refractivity contribution in [2.75, 3.05) is 0 Å². The van der Waals surface area contributed by atoms with Gasteiger partial charge in [-0.3, -0.25) is 0 Å². The van der Waals surface area contributed by atoms with E-state index in [0.29, 0.717) is 11.4 Å². The SMILES string of the molecule is C=C.C=C(N)/C=C(\C)N. The molecule has 0 fully saturated rings. The summed E-state index contributed by atoms with van der Waals surface area (Å²) in [4.78, 5) is 0. The Labute approximate surface area is 56.5 Å². The van der Waals surface area contributed by atoms with Crippen LogP contribution in [0.15, 0.2) is 37.2 Å². The van der Waals surface area contributed by atoms with Crippen molar-refractivity contribution in [3.63, 3.8) is 0 Å². The highest BCUT2D eigenvalue weighted by Crippen LogP contribution is 1.83. The minimum atomic E-state index is 0.500. The molecular formula is C7H14N2. The minimum Gasteiger partial charge on any atom is -0.402 e. The van der Waals surface area contributed by atoms with Crippen LogP contribution < -0.4 is 11.5 Å². The van der Waals surface area contributed by atoms with Gasteiger partial charge in [-0.25, -0.2) is 0 Å². The molecule has 0 bridgehead atoms. The second-order valence-electron chi connectivity index (χ2n) is 1.46. The Bertz CT molecular complexity index is 110. The Morgan fingerprint density at radius 1 is 1.33 bits per heavy atom. The highest BCUT2D eigenvalue weighted by molar-refractivity contribution is 5.13. The van der Waals surface area contributed by atoms with Crippen molar-refractivity contribution in [2.45, 2.75) is 6.92 Å². The third-order valence-electron chi connectivity index (χ3n) is 0.413. The van der Waals surface area contributed by atoms with E-state index in [0.717, 1.165) is 0 Å². The van der Waals surface area contributed by atoms with E-state index in [4.69, 9.17) is 11.5 Å². The molecule has 0 aromatic heterocycles. The molecule has 0 amide bonds. The first-order valence-electron chi connectivity index (χ1n) is 2.51. The molecular weight excluding hydrogens is 112 g/mol. The maximum Gasteiger partial charge on any atom is 0.0258 e. The fourth-order valence-corrected chi connectivity index (χ4v) is 0.292. The molecule has 9 heavy (non-hydrogen) atoms. The van der Waals surface area contributed by atoms with E-state index in [9.17, 15) is 0 Å². The molecule has 0 radical (unpaired) electrons. The van der Waals surface area contributed by atoms with Crippen LogP contribution in [0.4, 0.5) is 0 Å². The lowest BCUT2D eigenvalue weighted by atomic mass is 10.4. The summed E-state index contributed by atoms with van der Waals surface area (Å²) in [7, 11) is 0. The lowest BCUT2D eigenvalue weighted by molar-refractivity contribution is 1.28. The molecule has 0 atom stereocenters. The summed E-state index contributed by atoms with van der Waals surface area (Å²) in [5.41, 5.74) is 11.5. The second-order valence-corrected chi connectivity index (χ2v) is 1.46. The summed E-state index contributed by atoms with van der Waals surface area (Å²) in [5, 5.41) is 0. The fourth-order valence-electron chi connectivity index (χ4n) is 0.292. The van der Waals surface area contributed by atoms with Gasteiger partial charge in [0.2, 0.25) is 0 Å². The maximum absolute atomic E-state index is 5.21. The Hall–Kier alpha value is -1.18. The molecule has 0 aromatic rings. The van der Waals surface area contributed by atoms with Gasteiger partial charge in [0, 0.05) is 11.4 Å². The molecule has 0 aliphatic rings. The summed E-state index contributed by atoms with van der Waals surface area (Å²) in [6.45, 7) is 11.2. The number of allylic oxidation sites excluding steroid dienone is 2. The molecule has 2 nitrogen and oxygen atoms in total. The molecule has 0 unspecified atom stereocenters. The lowest BCUT2D eigenvalue weighted by Gasteiger charge is -1.87. The third-order valence-corrected chi connectivity index (χ3v) is 0.413. The molecule has 0 spiro atoms. The summed E-state index contributed by atoms with van der Waals surface area (Å²) >= 11 is 0. The number of rotatable bonds is 1. The van der Waals surface area contributed by atoms with E-state index in [-0.39, 0.29) is 0 Å². The van der Waals surface area contributed by atoms with Crippen LogP contribution in [0.25, 0.3) is 0 Å². The minimum absolute atomic E-state index is 0.500. The second kappa shape index (κ2) is 6.82. The molecule has 0 aromatic carbocycles. The quantitative estimate of drug-likeness (QED) is 0.408. The van der Waals surface area contributed by atoms with Gasteiger partial charge in [0.25, 0.3) is 0 Å². The Kier molecular flexibility index (Phi) is 8.14. The predicted molar refractivity (Wildman–Crippen MR) is 42.5 cm³/mol. The summed E-state index contributed by atoms with van der Waals surface area (Å²) in [5.74, 6) is 0. The van der Waals surface area contributed by atoms with Crippen molar-refractivity contribution in [3.8, 4) is 0 Å². The lowest BCUT2D eigenvalue weighted by Crippen LogP contribution is -1.96. The summed E-state index contributed by atoms with van der Waals surface area (Å²) in [6, 6.07) is 0. The van der Waals surface area contributed by atoms with Crippen LogP contribution >= 0.6 is 0 Å². The Balaban J connectivity index is 0. The van der Waals surface area contributed by atoms with Gasteiger partial charge in [-0.15, -0.1) is 13.2 Å². The van der Waals surface area contributed by atoms with Gasteiger partial charge in [0.1, 0.15) is 0 Å². The van der Waals surface area contributed by atoms with Crippen molar-refractivity contribution >= 4 is 0 Å². The number of hydrogen-bond acceptors (Lipinski definition) is 2. The zero-order chi connectivity index (χ0) is 7.86. The van der Waals surface area contributed by atoms with Gasteiger partial charge in [0.15, 0.2) is 0 Å². The highest BCUT2D eigenvalue weighted by Gasteiger charge is 1.74. The van der Waals surface area contributed by atoms with Gasteiger partial charge in [0.05, 0.1) is 0 Å². The first kappa shape index (κ1) is 10.7. The van der Waals surface area contributed by atoms with Crippen LogP contribution in [0.5, 0.6) is 0 Å². The van der Waals surface area contributed by atoms with E-state index >= 15 is 0 Å². The van der Waals surface area contributed by atoms with Gasteiger partial charge in [-0.2, -0.15) is 0 Å². The van der Waals surface area contributed by atoms with E-state index in [1.165, 1.54) is 0 Å². The molecule has 4 N–H and O–H groups in total. The standard InChI is InChI=1S/C5H10N2.C2H4/c1-4(6)3-5(2)7;1-2/h3H,1,6-7H2,2H3;1-2H2/b5-3+;. The molecule has 52 valence electrons. The van der Waals surface area contributed by atoms with E-state index in [1.807, 2.05) is 0 Å². The normalized spacial score (nSPS) is 9.22. The Morgan fingerprint density at radius 2 is 1.67 bits per heavy atom. The number of nitrogens with two attached hydrogens (primary N) is 2. The molecule has 2 heteroatoms. The van der Waals surface area contributed by atoms with Crippen molar-refractivity contribution in [1.29, 1.82) is 0 Å². The fraction of sp³-hybridized carbons (Fsp3) is 0.143. The molecule has 0 saturated carbocycles. The molecule has 0 aliphatic heterocycles. The van der Waals surface area contributed by atoms with Crippen molar-refractivity contribution in [2.24, 2.45) is 11.5 Å². The van der Waals surface area contributed by atoms with Crippen LogP contribution in [0.3, 0.4) is 0 Å². The van der Waals surface area contributed by atoms with Crippen molar-refractivity contribution in [3.05, 3.63) is 37.2 Å². The summed E-state index contributed by atoms with van der Waals surface area (Å²) in [6.07, 6.45) is 1.61. The number of hydrogen-bond donors (Lipinski definition) is 2. The highest BCUT2D eigenvalue weighted by atomic mass is 14.6. The van der Waals surface area contributed by atoms with Crippen LogP contribution in [-0.4, -0.2) is 0 Å². The van der Waals surface area contributed by atoms with Gasteiger partial charge in [-0.05, 0) is 13.0 Å². The maximum atomic E-state index is 5.21. The van der Waals surface area contributed by atoms with Crippen LogP contribution in [-0.2, 0) is 0 Å². The van der Waals surface area contributed by atoms with Crippen molar-refractivity contribution < 1.29 is 0 Å². The molecule has 0 aliphatic carbocycles. The van der Waals surface area contributed by atoms with Gasteiger partial charge < -0.3 is 11.5 Å². The van der Waals surface area contributed by atoms with Crippen LogP contribution in [0, 0.1) is 0 Å².